The van der Waals surface area contributed by atoms with Crippen LogP contribution in [0.25, 0.3) is 10.8 Å². The number of esters is 1. The van der Waals surface area contributed by atoms with Gasteiger partial charge in [0, 0.05) is 5.92 Å². The normalized spacial score (nSPS) is 24.9. The Balaban J connectivity index is 1.41. The fourth-order valence-electron chi connectivity index (χ4n) is 8.05. The third-order valence-electron chi connectivity index (χ3n) is 10.8. The van der Waals surface area contributed by atoms with Crippen molar-refractivity contribution < 1.29 is 19.7 Å². The third-order valence-corrected chi connectivity index (χ3v) is 10.8. The Labute approximate surface area is 260 Å². The largest absolute Gasteiger partial charge is 0.462 e. The lowest BCUT2D eigenvalue weighted by atomic mass is 9.63. The highest BCUT2D eigenvalue weighted by Crippen LogP contribution is 2.48. The molecule has 4 nitrogen and oxygen atoms in total. The Hall–Kier alpha value is -2.43. The second kappa shape index (κ2) is 16.6. The Morgan fingerprint density at radius 3 is 2.33 bits per heavy atom. The summed E-state index contributed by atoms with van der Waals surface area (Å²) in [6, 6.07) is 13.5. The van der Waals surface area contributed by atoms with Crippen LogP contribution < -0.4 is 0 Å². The summed E-state index contributed by atoms with van der Waals surface area (Å²) in [5.41, 5.74) is 3.25. The van der Waals surface area contributed by atoms with Crippen molar-refractivity contribution in [3.63, 3.8) is 0 Å². The average Bonchev–Trinajstić information content (AvgIpc) is 3.05. The summed E-state index contributed by atoms with van der Waals surface area (Å²) in [5, 5.41) is 21.2. The molecule has 2 saturated carbocycles. The van der Waals surface area contributed by atoms with E-state index in [1.165, 1.54) is 93.4 Å². The van der Waals surface area contributed by atoms with E-state index in [0.717, 1.165) is 29.2 Å². The van der Waals surface area contributed by atoms with Crippen LogP contribution in [0.1, 0.15) is 120 Å². The van der Waals surface area contributed by atoms with Crippen molar-refractivity contribution in [1.82, 2.24) is 0 Å². The molecule has 0 amide bonds. The quantitative estimate of drug-likeness (QED) is 0.0942. The minimum atomic E-state index is -0.595. The number of unbranched alkanes of at least 4 members (excludes halogenated alkanes) is 2. The monoisotopic (exact) mass is 588 g/mol. The zero-order valence-corrected chi connectivity index (χ0v) is 26.9. The Morgan fingerprint density at radius 2 is 1.63 bits per heavy atom. The van der Waals surface area contributed by atoms with E-state index in [-0.39, 0.29) is 24.7 Å². The van der Waals surface area contributed by atoms with Crippen LogP contribution in [0.3, 0.4) is 0 Å². The molecule has 4 atom stereocenters. The number of ether oxygens (including phenoxy) is 1. The maximum absolute atomic E-state index is 12.1. The van der Waals surface area contributed by atoms with Crippen LogP contribution in [0.2, 0.25) is 0 Å². The van der Waals surface area contributed by atoms with Gasteiger partial charge in [0.25, 0.3) is 0 Å². The molecule has 4 heteroatoms. The molecular weight excluding hydrogens is 532 g/mol. The minimum absolute atomic E-state index is 0.0374. The first-order valence-corrected chi connectivity index (χ1v) is 17.1. The molecule has 0 spiro atoms. The van der Waals surface area contributed by atoms with E-state index in [4.69, 9.17) is 4.74 Å². The molecule has 2 N–H and O–H groups in total. The van der Waals surface area contributed by atoms with E-state index in [2.05, 4.69) is 63.4 Å². The summed E-state index contributed by atoms with van der Waals surface area (Å²) in [4.78, 5) is 12.1. The van der Waals surface area contributed by atoms with Crippen molar-refractivity contribution in [3.05, 3.63) is 71.8 Å². The van der Waals surface area contributed by atoms with Crippen LogP contribution in [0.15, 0.2) is 60.7 Å². The summed E-state index contributed by atoms with van der Waals surface area (Å²) in [7, 11) is 0. The van der Waals surface area contributed by atoms with E-state index < -0.39 is 12.6 Å². The van der Waals surface area contributed by atoms with Crippen molar-refractivity contribution in [2.24, 2.45) is 23.7 Å². The lowest BCUT2D eigenvalue weighted by Crippen LogP contribution is -2.30. The van der Waals surface area contributed by atoms with Crippen LogP contribution in [0.4, 0.5) is 0 Å². The first-order chi connectivity index (χ1) is 20.9. The Morgan fingerprint density at radius 1 is 0.907 bits per heavy atom. The summed E-state index contributed by atoms with van der Waals surface area (Å²) in [5.74, 6) is 3.51. The lowest BCUT2D eigenvalue weighted by molar-refractivity contribution is -0.140. The standard InChI is InChI=1S/C39H56O4/c1-5-7-8-9-29-10-12-31(13-11-29)32-18-19-38(30(6-2)21-32)36-17-16-33-22-35(15-14-34(33)23-36)37(20-27(3)24-40)26-43-39(42)28(4)25-41/h14-17,22-23,29-32,37-38,40-41H,3-13,18-21,24-26H2,1-2H3. The Kier molecular flexibility index (Phi) is 12.9. The van der Waals surface area contributed by atoms with Crippen LogP contribution in [-0.4, -0.2) is 36.0 Å². The van der Waals surface area contributed by atoms with E-state index in [0.29, 0.717) is 17.9 Å². The van der Waals surface area contributed by atoms with E-state index in [1.807, 2.05) is 0 Å². The van der Waals surface area contributed by atoms with Gasteiger partial charge >= 0.3 is 5.97 Å². The Bertz CT molecular complexity index is 1210. The number of rotatable bonds is 15. The van der Waals surface area contributed by atoms with Gasteiger partial charge in [-0.1, -0.05) is 114 Å². The summed E-state index contributed by atoms with van der Waals surface area (Å²) in [6.45, 7) is 11.8. The van der Waals surface area contributed by atoms with Crippen LogP contribution in [-0.2, 0) is 9.53 Å². The molecule has 0 bridgehead atoms. The zero-order valence-electron chi connectivity index (χ0n) is 26.9. The molecule has 0 heterocycles. The third kappa shape index (κ3) is 9.05. The smallest absolute Gasteiger partial charge is 0.335 e. The van der Waals surface area contributed by atoms with Crippen molar-refractivity contribution in [2.75, 3.05) is 19.8 Å². The molecule has 2 aliphatic carbocycles. The predicted octanol–water partition coefficient (Wildman–Crippen LogP) is 9.25. The van der Waals surface area contributed by atoms with Crippen molar-refractivity contribution in [1.29, 1.82) is 0 Å². The molecule has 2 aromatic rings. The van der Waals surface area contributed by atoms with Gasteiger partial charge in [0.15, 0.2) is 0 Å². The van der Waals surface area contributed by atoms with Crippen LogP contribution in [0.5, 0.6) is 0 Å². The number of aliphatic hydroxyl groups is 2. The summed E-state index contributed by atoms with van der Waals surface area (Å²) in [6.07, 6.45) is 17.3. The molecule has 0 aliphatic heterocycles. The highest BCUT2D eigenvalue weighted by molar-refractivity contribution is 5.88. The molecular formula is C39H56O4. The minimum Gasteiger partial charge on any atom is -0.462 e. The van der Waals surface area contributed by atoms with Crippen molar-refractivity contribution in [2.45, 2.75) is 109 Å². The molecule has 236 valence electrons. The predicted molar refractivity (Wildman–Crippen MR) is 178 cm³/mol. The van der Waals surface area contributed by atoms with Crippen LogP contribution >= 0.6 is 0 Å². The van der Waals surface area contributed by atoms with Gasteiger partial charge < -0.3 is 14.9 Å². The lowest BCUT2D eigenvalue weighted by Gasteiger charge is -2.42. The fourth-order valence-corrected chi connectivity index (χ4v) is 8.05. The molecule has 0 radical (unpaired) electrons. The molecule has 2 fully saturated rings. The van der Waals surface area contributed by atoms with E-state index >= 15 is 0 Å². The molecule has 2 aliphatic rings. The van der Waals surface area contributed by atoms with Gasteiger partial charge in [-0.05, 0) is 90.0 Å². The average molecular weight is 589 g/mol. The molecule has 4 unspecified atom stereocenters. The van der Waals surface area contributed by atoms with Gasteiger partial charge in [-0.15, -0.1) is 0 Å². The first-order valence-electron chi connectivity index (χ1n) is 17.1. The fraction of sp³-hybridized carbons (Fsp3) is 0.615. The number of carbonyl (C=O) groups excluding carboxylic acids is 1. The first kappa shape index (κ1) is 33.5. The van der Waals surface area contributed by atoms with E-state index in [1.54, 1.807) is 0 Å². The second-order valence-corrected chi connectivity index (χ2v) is 13.7. The zero-order chi connectivity index (χ0) is 30.8. The molecule has 43 heavy (non-hydrogen) atoms. The molecule has 0 saturated heterocycles. The van der Waals surface area contributed by atoms with Crippen LogP contribution in [0, 0.1) is 23.7 Å². The van der Waals surface area contributed by atoms with Gasteiger partial charge in [0.1, 0.15) is 0 Å². The number of benzene rings is 2. The number of aliphatic hydroxyl groups excluding tert-OH is 2. The van der Waals surface area contributed by atoms with E-state index in [9.17, 15) is 15.0 Å². The maximum atomic E-state index is 12.1. The highest BCUT2D eigenvalue weighted by atomic mass is 16.5. The van der Waals surface area contributed by atoms with Gasteiger partial charge in [0.05, 0.1) is 25.4 Å². The number of hydrogen-bond donors (Lipinski definition) is 2. The summed E-state index contributed by atoms with van der Waals surface area (Å²) >= 11 is 0. The molecule has 0 aromatic heterocycles. The highest BCUT2D eigenvalue weighted by Gasteiger charge is 2.35. The van der Waals surface area contributed by atoms with Crippen molar-refractivity contribution in [3.8, 4) is 0 Å². The number of carbonyl (C=O) groups is 1. The number of hydrogen-bond acceptors (Lipinski definition) is 4. The number of fused-ring (bicyclic) bond motifs is 1. The summed E-state index contributed by atoms with van der Waals surface area (Å²) < 4.78 is 5.45. The van der Waals surface area contributed by atoms with Gasteiger partial charge in [-0.3, -0.25) is 0 Å². The molecule has 4 rings (SSSR count). The second-order valence-electron chi connectivity index (χ2n) is 13.7. The topological polar surface area (TPSA) is 66.8 Å². The van der Waals surface area contributed by atoms with Gasteiger partial charge in [-0.25, -0.2) is 4.79 Å². The maximum Gasteiger partial charge on any atom is 0.335 e. The SMILES string of the molecule is C=C(CO)CC(COC(=O)C(=C)CO)c1ccc2cc(C3CCC(C4CCC(CCCCC)CC4)CC3CC)ccc2c1. The van der Waals surface area contributed by atoms with Gasteiger partial charge in [0.2, 0.25) is 0 Å². The van der Waals surface area contributed by atoms with Crippen molar-refractivity contribution >= 4 is 16.7 Å². The van der Waals surface area contributed by atoms with Gasteiger partial charge in [-0.2, -0.15) is 0 Å². The molecule has 2 aromatic carbocycles.